The summed E-state index contributed by atoms with van der Waals surface area (Å²) in [6, 6.07) is 15.5. The maximum Gasteiger partial charge on any atom is 0.305 e. The van der Waals surface area contributed by atoms with Crippen LogP contribution in [0, 0.1) is 6.92 Å². The Bertz CT molecular complexity index is 925. The highest BCUT2D eigenvalue weighted by Crippen LogP contribution is 2.22. The first-order valence-electron chi connectivity index (χ1n) is 8.59. The van der Waals surface area contributed by atoms with Crippen molar-refractivity contribution >= 4 is 35.0 Å². The molecule has 0 aromatic heterocycles. The van der Waals surface area contributed by atoms with Crippen LogP contribution in [-0.4, -0.2) is 33.6 Å². The van der Waals surface area contributed by atoms with Crippen molar-refractivity contribution in [1.29, 1.82) is 0 Å². The van der Waals surface area contributed by atoms with E-state index in [4.69, 9.17) is 9.84 Å². The van der Waals surface area contributed by atoms with Gasteiger partial charge in [0.15, 0.2) is 5.17 Å². The number of hydrogen-bond donors (Lipinski definition) is 2. The quantitative estimate of drug-likeness (QED) is 0.553. The van der Waals surface area contributed by atoms with Gasteiger partial charge in [0.2, 0.25) is 5.91 Å². The van der Waals surface area contributed by atoms with Crippen molar-refractivity contribution in [1.82, 2.24) is 5.32 Å². The van der Waals surface area contributed by atoms with Gasteiger partial charge in [0.05, 0.1) is 12.6 Å². The molecule has 8 heteroatoms. The number of amides is 1. The fourth-order valence-electron chi connectivity index (χ4n) is 2.48. The van der Waals surface area contributed by atoms with Crippen LogP contribution in [0.1, 0.15) is 23.1 Å². The third kappa shape index (κ3) is 5.43. The van der Waals surface area contributed by atoms with E-state index < -0.39 is 11.2 Å². The zero-order chi connectivity index (χ0) is 19.9. The van der Waals surface area contributed by atoms with Gasteiger partial charge in [-0.15, -0.1) is 5.10 Å². The summed E-state index contributed by atoms with van der Waals surface area (Å²) in [5, 5.41) is 18.8. The van der Waals surface area contributed by atoms with Gasteiger partial charge in [0.1, 0.15) is 17.6 Å². The molecular weight excluding hydrogens is 378 g/mol. The first kappa shape index (κ1) is 19.6. The number of carbonyl (C=O) groups is 2. The first-order valence-corrected chi connectivity index (χ1v) is 9.47. The number of carbonyl (C=O) groups excluding carboxylic acids is 1. The third-order valence-electron chi connectivity index (χ3n) is 4.03. The summed E-state index contributed by atoms with van der Waals surface area (Å²) < 4.78 is 5.80. The predicted octanol–water partition coefficient (Wildman–Crippen LogP) is 2.97. The molecule has 1 fully saturated rings. The Labute approximate surface area is 166 Å². The summed E-state index contributed by atoms with van der Waals surface area (Å²) in [7, 11) is 0. The van der Waals surface area contributed by atoms with Crippen LogP contribution in [0.15, 0.2) is 58.7 Å². The van der Waals surface area contributed by atoms with E-state index in [2.05, 4.69) is 28.5 Å². The topological polar surface area (TPSA) is 100 Å². The SMILES string of the molecule is Cc1ccccc1COc1ccc(C=NN=C2NC(=O)C(CC(=O)O)S2)cc1. The minimum Gasteiger partial charge on any atom is -0.489 e. The Hall–Kier alpha value is -3.13. The Balaban J connectivity index is 1.53. The predicted molar refractivity (Wildman–Crippen MR) is 109 cm³/mol. The second-order valence-corrected chi connectivity index (χ2v) is 7.32. The molecule has 2 aromatic carbocycles. The molecule has 1 heterocycles. The number of ether oxygens (including phenoxy) is 1. The number of thioether (sulfide) groups is 1. The highest BCUT2D eigenvalue weighted by atomic mass is 32.2. The number of hydrogen-bond acceptors (Lipinski definition) is 6. The summed E-state index contributed by atoms with van der Waals surface area (Å²) in [4.78, 5) is 22.3. The molecule has 0 bridgehead atoms. The summed E-state index contributed by atoms with van der Waals surface area (Å²) in [5.74, 6) is -0.638. The van der Waals surface area contributed by atoms with Crippen LogP contribution in [0.5, 0.6) is 5.75 Å². The van der Waals surface area contributed by atoms with Crippen LogP contribution in [0.4, 0.5) is 0 Å². The highest BCUT2D eigenvalue weighted by Gasteiger charge is 2.32. The van der Waals surface area contributed by atoms with Gasteiger partial charge in [-0.3, -0.25) is 9.59 Å². The molecule has 1 unspecified atom stereocenters. The smallest absolute Gasteiger partial charge is 0.305 e. The van der Waals surface area contributed by atoms with E-state index in [1.165, 1.54) is 5.56 Å². The van der Waals surface area contributed by atoms with Crippen molar-refractivity contribution in [2.75, 3.05) is 0 Å². The average Bonchev–Trinajstić information content (AvgIpc) is 3.01. The van der Waals surface area contributed by atoms with E-state index in [0.29, 0.717) is 11.8 Å². The molecule has 1 aliphatic rings. The third-order valence-corrected chi connectivity index (χ3v) is 5.10. The van der Waals surface area contributed by atoms with Gasteiger partial charge in [-0.1, -0.05) is 36.0 Å². The van der Waals surface area contributed by atoms with E-state index >= 15 is 0 Å². The Morgan fingerprint density at radius 1 is 1.25 bits per heavy atom. The molecule has 0 spiro atoms. The summed E-state index contributed by atoms with van der Waals surface area (Å²) >= 11 is 1.07. The van der Waals surface area contributed by atoms with Gasteiger partial charge in [0.25, 0.3) is 0 Å². The van der Waals surface area contributed by atoms with E-state index in [1.54, 1.807) is 6.21 Å². The van der Waals surface area contributed by atoms with Crippen LogP contribution < -0.4 is 10.1 Å². The number of aryl methyl sites for hydroxylation is 1. The molecule has 3 rings (SSSR count). The fraction of sp³-hybridized carbons (Fsp3) is 0.200. The number of nitrogens with one attached hydrogen (secondary N) is 1. The fourth-order valence-corrected chi connectivity index (χ4v) is 3.39. The van der Waals surface area contributed by atoms with Gasteiger partial charge in [0, 0.05) is 0 Å². The first-order chi connectivity index (χ1) is 13.5. The number of benzene rings is 2. The minimum atomic E-state index is -1.03. The van der Waals surface area contributed by atoms with Gasteiger partial charge < -0.3 is 15.2 Å². The largest absolute Gasteiger partial charge is 0.489 e. The number of amidine groups is 1. The lowest BCUT2D eigenvalue weighted by molar-refractivity contribution is -0.138. The summed E-state index contributed by atoms with van der Waals surface area (Å²) in [6.07, 6.45) is 1.30. The lowest BCUT2D eigenvalue weighted by Crippen LogP contribution is -2.26. The maximum absolute atomic E-state index is 11.6. The molecule has 144 valence electrons. The van der Waals surface area contributed by atoms with Gasteiger partial charge >= 0.3 is 5.97 Å². The van der Waals surface area contributed by atoms with Gasteiger partial charge in [-0.2, -0.15) is 5.10 Å². The monoisotopic (exact) mass is 397 g/mol. The number of carboxylic acid groups (broad SMARTS) is 1. The van der Waals surface area contributed by atoms with E-state index in [9.17, 15) is 9.59 Å². The Morgan fingerprint density at radius 3 is 2.71 bits per heavy atom. The lowest BCUT2D eigenvalue weighted by atomic mass is 10.1. The van der Waals surface area contributed by atoms with Crippen LogP contribution in [0.3, 0.4) is 0 Å². The molecule has 1 amide bonds. The van der Waals surface area contributed by atoms with Gasteiger partial charge in [-0.05, 0) is 47.9 Å². The summed E-state index contributed by atoms with van der Waals surface area (Å²) in [5.41, 5.74) is 3.15. The highest BCUT2D eigenvalue weighted by molar-refractivity contribution is 8.15. The standard InChI is InChI=1S/C20H19N3O4S/c1-13-4-2-3-5-15(13)12-27-16-8-6-14(7-9-16)11-21-23-20-22-19(26)17(28-20)10-18(24)25/h2-9,11,17H,10,12H2,1H3,(H,24,25)(H,22,23,26). The molecule has 0 saturated carbocycles. The van der Waals surface area contributed by atoms with Crippen LogP contribution >= 0.6 is 11.8 Å². The van der Waals surface area contributed by atoms with Crippen molar-refractivity contribution in [3.8, 4) is 5.75 Å². The Kier molecular flexibility index (Phi) is 6.44. The molecule has 0 aliphatic carbocycles. The normalized spacial score (nSPS) is 17.8. The Morgan fingerprint density at radius 2 is 2.00 bits per heavy atom. The molecule has 1 aliphatic heterocycles. The lowest BCUT2D eigenvalue weighted by Gasteiger charge is -2.08. The maximum atomic E-state index is 11.6. The van der Waals surface area contributed by atoms with Crippen LogP contribution in [0.2, 0.25) is 0 Å². The summed E-state index contributed by atoms with van der Waals surface area (Å²) in [6.45, 7) is 2.55. The zero-order valence-corrected chi connectivity index (χ0v) is 16.0. The molecule has 2 aromatic rings. The molecule has 0 radical (unpaired) electrons. The second-order valence-electron chi connectivity index (χ2n) is 6.13. The van der Waals surface area contributed by atoms with Crippen molar-refractivity contribution < 1.29 is 19.4 Å². The van der Waals surface area contributed by atoms with Crippen molar-refractivity contribution in [2.24, 2.45) is 10.2 Å². The van der Waals surface area contributed by atoms with Gasteiger partial charge in [-0.25, -0.2) is 0 Å². The zero-order valence-electron chi connectivity index (χ0n) is 15.2. The van der Waals surface area contributed by atoms with Crippen LogP contribution in [-0.2, 0) is 16.2 Å². The molecule has 1 atom stereocenters. The second kappa shape index (κ2) is 9.18. The van der Waals surface area contributed by atoms with Crippen molar-refractivity contribution in [2.45, 2.75) is 25.2 Å². The average molecular weight is 397 g/mol. The van der Waals surface area contributed by atoms with E-state index in [0.717, 1.165) is 28.6 Å². The number of aliphatic carboxylic acids is 1. The number of carboxylic acids is 1. The number of nitrogens with zero attached hydrogens (tertiary/aromatic N) is 2. The molecule has 2 N–H and O–H groups in total. The van der Waals surface area contributed by atoms with Crippen LogP contribution in [0.25, 0.3) is 0 Å². The molecule has 1 saturated heterocycles. The van der Waals surface area contributed by atoms with E-state index in [-0.39, 0.29) is 12.3 Å². The minimum absolute atomic E-state index is 0.247. The van der Waals surface area contributed by atoms with Crippen molar-refractivity contribution in [3.05, 3.63) is 65.2 Å². The number of rotatable bonds is 7. The molecule has 28 heavy (non-hydrogen) atoms. The van der Waals surface area contributed by atoms with E-state index in [1.807, 2.05) is 42.5 Å². The molecule has 7 nitrogen and oxygen atoms in total. The molecular formula is C20H19N3O4S. The van der Waals surface area contributed by atoms with Crippen molar-refractivity contribution in [3.63, 3.8) is 0 Å².